The van der Waals surface area contributed by atoms with Crippen LogP contribution in [0.3, 0.4) is 0 Å². The molecule has 1 aromatic heterocycles. The van der Waals surface area contributed by atoms with Gasteiger partial charge in [0, 0.05) is 23.1 Å². The predicted molar refractivity (Wildman–Crippen MR) is 122 cm³/mol. The van der Waals surface area contributed by atoms with E-state index in [4.69, 9.17) is 0 Å². The number of amides is 1. The van der Waals surface area contributed by atoms with E-state index in [-0.39, 0.29) is 10.8 Å². The van der Waals surface area contributed by atoms with E-state index in [1.807, 2.05) is 61.5 Å². The van der Waals surface area contributed by atoms with E-state index >= 15 is 0 Å². The van der Waals surface area contributed by atoms with Crippen molar-refractivity contribution in [3.05, 3.63) is 90.1 Å². The zero-order valence-electron chi connectivity index (χ0n) is 17.1. The van der Waals surface area contributed by atoms with Gasteiger partial charge in [-0.3, -0.25) is 9.89 Å². The molecule has 6 nitrogen and oxygen atoms in total. The predicted octanol–water partition coefficient (Wildman–Crippen LogP) is 4.71. The van der Waals surface area contributed by atoms with E-state index in [2.05, 4.69) is 15.5 Å². The number of anilines is 1. The smallest absolute Gasteiger partial charge is 0.274 e. The highest BCUT2D eigenvalue weighted by molar-refractivity contribution is 7.90. The first-order valence-corrected chi connectivity index (χ1v) is 11.5. The zero-order valence-corrected chi connectivity index (χ0v) is 17.9. The van der Waals surface area contributed by atoms with Crippen LogP contribution in [-0.4, -0.2) is 30.8 Å². The molecule has 0 unspecified atom stereocenters. The summed E-state index contributed by atoms with van der Waals surface area (Å²) in [4.78, 5) is 13.3. The molecule has 0 aliphatic carbocycles. The largest absolute Gasteiger partial charge is 0.321 e. The van der Waals surface area contributed by atoms with Gasteiger partial charge in [-0.05, 0) is 36.8 Å². The number of aromatic amines is 1. The molecule has 0 atom stereocenters. The van der Waals surface area contributed by atoms with Gasteiger partial charge < -0.3 is 5.32 Å². The topological polar surface area (TPSA) is 91.9 Å². The van der Waals surface area contributed by atoms with Crippen LogP contribution < -0.4 is 5.32 Å². The minimum Gasteiger partial charge on any atom is -0.321 e. The standard InChI is InChI=1S/C24H21N3O3S/c1-16-8-10-17(11-9-16)21-22(18-12-14-20(15-13-18)31(2,29)30)26-27-23(21)24(28)25-19-6-4-3-5-7-19/h3-15H,1-2H3,(H,25,28)(H,26,27). The second kappa shape index (κ2) is 8.20. The molecule has 156 valence electrons. The van der Waals surface area contributed by atoms with Crippen molar-refractivity contribution in [2.45, 2.75) is 11.8 Å². The summed E-state index contributed by atoms with van der Waals surface area (Å²) >= 11 is 0. The minimum atomic E-state index is -3.30. The molecule has 1 amide bonds. The summed E-state index contributed by atoms with van der Waals surface area (Å²) in [5.41, 5.74) is 4.87. The Morgan fingerprint density at radius 1 is 0.871 bits per heavy atom. The lowest BCUT2D eigenvalue weighted by Gasteiger charge is -2.09. The molecule has 4 aromatic rings. The van der Waals surface area contributed by atoms with Crippen LogP contribution >= 0.6 is 0 Å². The van der Waals surface area contributed by atoms with E-state index in [0.717, 1.165) is 11.1 Å². The van der Waals surface area contributed by atoms with Gasteiger partial charge in [-0.25, -0.2) is 8.42 Å². The van der Waals surface area contributed by atoms with Crippen molar-refractivity contribution >= 4 is 21.4 Å². The minimum absolute atomic E-state index is 0.228. The van der Waals surface area contributed by atoms with Crippen LogP contribution in [-0.2, 0) is 9.84 Å². The maximum Gasteiger partial charge on any atom is 0.274 e. The molecule has 0 radical (unpaired) electrons. The van der Waals surface area contributed by atoms with Crippen molar-refractivity contribution in [3.63, 3.8) is 0 Å². The molecule has 1 heterocycles. The Kier molecular flexibility index (Phi) is 5.44. The summed E-state index contributed by atoms with van der Waals surface area (Å²) in [6, 6.07) is 23.5. The third kappa shape index (κ3) is 4.41. The average molecular weight is 432 g/mol. The lowest BCUT2D eigenvalue weighted by Crippen LogP contribution is -2.13. The Labute approximate surface area is 180 Å². The maximum atomic E-state index is 13.0. The lowest BCUT2D eigenvalue weighted by atomic mass is 9.98. The number of aryl methyl sites for hydroxylation is 1. The normalized spacial score (nSPS) is 11.3. The number of hydrogen-bond acceptors (Lipinski definition) is 4. The number of rotatable bonds is 5. The van der Waals surface area contributed by atoms with Crippen LogP contribution in [0.15, 0.2) is 83.8 Å². The van der Waals surface area contributed by atoms with Gasteiger partial charge in [-0.2, -0.15) is 5.10 Å². The van der Waals surface area contributed by atoms with Crippen molar-refractivity contribution in [1.29, 1.82) is 0 Å². The highest BCUT2D eigenvalue weighted by Gasteiger charge is 2.22. The van der Waals surface area contributed by atoms with Gasteiger partial charge in [0.15, 0.2) is 9.84 Å². The number of sulfone groups is 1. The summed E-state index contributed by atoms with van der Waals surface area (Å²) in [7, 11) is -3.30. The molecule has 0 bridgehead atoms. The number of aromatic nitrogens is 2. The third-order valence-electron chi connectivity index (χ3n) is 4.92. The summed E-state index contributed by atoms with van der Waals surface area (Å²) in [5.74, 6) is -0.312. The molecule has 0 saturated carbocycles. The number of carbonyl (C=O) groups is 1. The molecule has 31 heavy (non-hydrogen) atoms. The van der Waals surface area contributed by atoms with Gasteiger partial charge in [-0.1, -0.05) is 60.2 Å². The summed E-state index contributed by atoms with van der Waals surface area (Å²) in [5, 5.41) is 10.2. The second-order valence-corrected chi connectivity index (χ2v) is 9.32. The van der Waals surface area contributed by atoms with E-state index in [1.165, 1.54) is 6.26 Å². The Hall–Kier alpha value is -3.71. The van der Waals surface area contributed by atoms with Gasteiger partial charge in [0.25, 0.3) is 5.91 Å². The maximum absolute atomic E-state index is 13.0. The molecule has 0 aliphatic rings. The van der Waals surface area contributed by atoms with E-state index in [0.29, 0.717) is 28.2 Å². The average Bonchev–Trinajstić information content (AvgIpc) is 3.20. The number of benzene rings is 3. The molecule has 4 rings (SSSR count). The fourth-order valence-corrected chi connectivity index (χ4v) is 3.92. The molecule has 0 aliphatic heterocycles. The number of nitrogens with zero attached hydrogens (tertiary/aromatic N) is 1. The summed E-state index contributed by atoms with van der Waals surface area (Å²) in [6.07, 6.45) is 1.17. The van der Waals surface area contributed by atoms with Crippen molar-refractivity contribution in [3.8, 4) is 22.4 Å². The molecular formula is C24H21N3O3S. The van der Waals surface area contributed by atoms with Gasteiger partial charge in [0.1, 0.15) is 11.4 Å². The number of H-pyrrole nitrogens is 1. The van der Waals surface area contributed by atoms with Crippen LogP contribution in [0.5, 0.6) is 0 Å². The Bertz CT molecular complexity index is 1330. The second-order valence-electron chi connectivity index (χ2n) is 7.30. The van der Waals surface area contributed by atoms with Gasteiger partial charge in [-0.15, -0.1) is 0 Å². The van der Waals surface area contributed by atoms with Gasteiger partial charge in [0.05, 0.1) is 4.90 Å². The fraction of sp³-hybridized carbons (Fsp3) is 0.0833. The Morgan fingerprint density at radius 2 is 1.48 bits per heavy atom. The molecular weight excluding hydrogens is 410 g/mol. The van der Waals surface area contributed by atoms with Gasteiger partial charge >= 0.3 is 0 Å². The number of carbonyl (C=O) groups excluding carboxylic acids is 1. The van der Waals surface area contributed by atoms with Crippen LogP contribution in [0.1, 0.15) is 16.1 Å². The van der Waals surface area contributed by atoms with Gasteiger partial charge in [0.2, 0.25) is 0 Å². The monoisotopic (exact) mass is 431 g/mol. The first-order valence-electron chi connectivity index (χ1n) is 9.65. The molecule has 7 heteroatoms. The SMILES string of the molecule is Cc1ccc(-c2c(-c3ccc(S(C)(=O)=O)cc3)n[nH]c2C(=O)Nc2ccccc2)cc1. The van der Waals surface area contributed by atoms with E-state index in [9.17, 15) is 13.2 Å². The molecule has 0 saturated heterocycles. The third-order valence-corrected chi connectivity index (χ3v) is 6.05. The Balaban J connectivity index is 1.80. The van der Waals surface area contributed by atoms with E-state index < -0.39 is 9.84 Å². The molecule has 0 fully saturated rings. The van der Waals surface area contributed by atoms with Crippen molar-refractivity contribution in [2.75, 3.05) is 11.6 Å². The van der Waals surface area contributed by atoms with Crippen molar-refractivity contribution in [1.82, 2.24) is 10.2 Å². The first-order chi connectivity index (χ1) is 14.8. The number of para-hydroxylation sites is 1. The summed E-state index contributed by atoms with van der Waals surface area (Å²) in [6.45, 7) is 1.99. The highest BCUT2D eigenvalue weighted by atomic mass is 32.2. The molecule has 3 aromatic carbocycles. The van der Waals surface area contributed by atoms with Crippen LogP contribution in [0.25, 0.3) is 22.4 Å². The summed E-state index contributed by atoms with van der Waals surface area (Å²) < 4.78 is 23.6. The molecule has 0 spiro atoms. The number of hydrogen-bond donors (Lipinski definition) is 2. The fourth-order valence-electron chi connectivity index (χ4n) is 3.29. The number of nitrogens with one attached hydrogen (secondary N) is 2. The van der Waals surface area contributed by atoms with Crippen LogP contribution in [0, 0.1) is 6.92 Å². The van der Waals surface area contributed by atoms with E-state index in [1.54, 1.807) is 24.3 Å². The Morgan fingerprint density at radius 3 is 2.10 bits per heavy atom. The lowest BCUT2D eigenvalue weighted by molar-refractivity contribution is 0.102. The van der Waals surface area contributed by atoms with Crippen molar-refractivity contribution in [2.24, 2.45) is 0 Å². The van der Waals surface area contributed by atoms with Crippen molar-refractivity contribution < 1.29 is 13.2 Å². The zero-order chi connectivity index (χ0) is 22.0. The first kappa shape index (κ1) is 20.6. The quantitative estimate of drug-likeness (QED) is 0.479. The van der Waals surface area contributed by atoms with Crippen LogP contribution in [0.4, 0.5) is 5.69 Å². The van der Waals surface area contributed by atoms with Crippen LogP contribution in [0.2, 0.25) is 0 Å². The molecule has 2 N–H and O–H groups in total. The highest BCUT2D eigenvalue weighted by Crippen LogP contribution is 2.34.